The van der Waals surface area contributed by atoms with Crippen molar-refractivity contribution < 1.29 is 28.3 Å². The zero-order valence-electron chi connectivity index (χ0n) is 23.3. The fraction of sp³-hybridized carbons (Fsp3) is 0.815. The Morgan fingerprint density at radius 1 is 1.15 bits per heavy atom. The Morgan fingerprint density at radius 3 is 2.24 bits per heavy atom. The molecule has 0 aromatic heterocycles. The summed E-state index contributed by atoms with van der Waals surface area (Å²) < 4.78 is 17.6. The number of carbonyl (C=O) groups excluding carboxylic acids is 3. The van der Waals surface area contributed by atoms with Gasteiger partial charge < -0.3 is 13.9 Å². The highest BCUT2D eigenvalue weighted by atomic mass is 28.4. The third-order valence-electron chi connectivity index (χ3n) is 7.52. The molecule has 1 rings (SSSR count). The number of hydrogen-bond acceptors (Lipinski definition) is 6. The summed E-state index contributed by atoms with van der Waals surface area (Å²) in [5, 5.41) is 0.122. The lowest BCUT2D eigenvalue weighted by Crippen LogP contribution is -2.45. The maximum absolute atomic E-state index is 13.2. The Balaban J connectivity index is 2.87. The van der Waals surface area contributed by atoms with Gasteiger partial charge in [-0.3, -0.25) is 14.4 Å². The van der Waals surface area contributed by atoms with E-state index in [1.54, 1.807) is 0 Å². The molecule has 0 aromatic rings. The highest BCUT2D eigenvalue weighted by molar-refractivity contribution is 6.74. The minimum Gasteiger partial charge on any atom is -0.462 e. The van der Waals surface area contributed by atoms with Gasteiger partial charge in [0.15, 0.2) is 14.1 Å². The first kappa shape index (κ1) is 30.6. The molecule has 1 heterocycles. The maximum Gasteiger partial charge on any atom is 0.309 e. The SMILES string of the molecule is CC(=O)O[C@@H]1CC(=O)O[C@H]([C@H](C)C(=O)/C(C)=C/C[C@H](O[Si](C)(C)C(C)(C)C)C(C)C)CC[C@@H]1C. The predicted octanol–water partition coefficient (Wildman–Crippen LogP) is 6.24. The standard InChI is InChI=1S/C27H48O6Si/c1-17(2)22(33-34(10,11)27(7,8)9)14-13-19(4)26(30)20(5)23-15-12-18(3)24(31-21(6)28)16-25(29)32-23/h13,17-18,20,22-24H,12,14-16H2,1-11H3/b19-13+/t18-,20-,22-,23-,24+/m0/s1. The number of rotatable bonds is 9. The predicted molar refractivity (Wildman–Crippen MR) is 138 cm³/mol. The third kappa shape index (κ3) is 8.95. The van der Waals surface area contributed by atoms with Crippen molar-refractivity contribution in [1.82, 2.24) is 0 Å². The van der Waals surface area contributed by atoms with E-state index in [0.29, 0.717) is 30.8 Å². The Bertz CT molecular complexity index is 749. The molecule has 0 radical (unpaired) electrons. The number of hydrogen-bond donors (Lipinski definition) is 0. The van der Waals surface area contributed by atoms with E-state index >= 15 is 0 Å². The molecule has 0 spiro atoms. The summed E-state index contributed by atoms with van der Waals surface area (Å²) in [6.45, 7) is 22.5. The molecule has 1 aliphatic rings. The number of cyclic esters (lactones) is 1. The highest BCUT2D eigenvalue weighted by Crippen LogP contribution is 2.38. The van der Waals surface area contributed by atoms with Crippen LogP contribution in [0.15, 0.2) is 11.6 Å². The van der Waals surface area contributed by atoms with Crippen molar-refractivity contribution in [3.05, 3.63) is 11.6 Å². The van der Waals surface area contributed by atoms with Crippen LogP contribution in [0.5, 0.6) is 0 Å². The molecule has 1 saturated heterocycles. The van der Waals surface area contributed by atoms with Crippen LogP contribution in [0.2, 0.25) is 18.1 Å². The molecular formula is C27H48O6Si. The Morgan fingerprint density at radius 2 is 1.74 bits per heavy atom. The van der Waals surface area contributed by atoms with Crippen LogP contribution in [0, 0.1) is 17.8 Å². The molecule has 6 nitrogen and oxygen atoms in total. The first-order valence-corrected chi connectivity index (χ1v) is 15.6. The van der Waals surface area contributed by atoms with Crippen molar-refractivity contribution >= 4 is 26.0 Å². The summed E-state index contributed by atoms with van der Waals surface area (Å²) in [6, 6.07) is 0. The monoisotopic (exact) mass is 496 g/mol. The summed E-state index contributed by atoms with van der Waals surface area (Å²) in [4.78, 5) is 37.0. The van der Waals surface area contributed by atoms with Crippen LogP contribution in [0.3, 0.4) is 0 Å². The molecule has 7 heteroatoms. The minimum atomic E-state index is -1.92. The van der Waals surface area contributed by atoms with E-state index in [1.165, 1.54) is 6.92 Å². The van der Waals surface area contributed by atoms with E-state index in [1.807, 2.05) is 26.8 Å². The molecule has 0 saturated carbocycles. The fourth-order valence-corrected chi connectivity index (χ4v) is 5.39. The summed E-state index contributed by atoms with van der Waals surface area (Å²) in [5.41, 5.74) is 0.681. The van der Waals surface area contributed by atoms with E-state index < -0.39 is 38.4 Å². The van der Waals surface area contributed by atoms with Crippen LogP contribution in [0.1, 0.15) is 88.0 Å². The van der Waals surface area contributed by atoms with Crippen LogP contribution >= 0.6 is 0 Å². The number of allylic oxidation sites excluding steroid dienone is 1. The van der Waals surface area contributed by atoms with Crippen LogP contribution < -0.4 is 0 Å². The highest BCUT2D eigenvalue weighted by Gasteiger charge is 2.39. The van der Waals surface area contributed by atoms with Gasteiger partial charge in [-0.25, -0.2) is 0 Å². The lowest BCUT2D eigenvalue weighted by molar-refractivity contribution is -0.164. The van der Waals surface area contributed by atoms with E-state index in [2.05, 4.69) is 47.7 Å². The van der Waals surface area contributed by atoms with Crippen LogP contribution in [0.25, 0.3) is 0 Å². The van der Waals surface area contributed by atoms with Gasteiger partial charge in [0.25, 0.3) is 0 Å². The number of carbonyl (C=O) groups is 3. The Kier molecular flexibility index (Phi) is 11.2. The average molecular weight is 497 g/mol. The fourth-order valence-electron chi connectivity index (χ4n) is 3.91. The summed E-state index contributed by atoms with van der Waals surface area (Å²) >= 11 is 0. The second-order valence-electron chi connectivity index (χ2n) is 11.9. The second-order valence-corrected chi connectivity index (χ2v) is 16.6. The van der Waals surface area contributed by atoms with Gasteiger partial charge in [0, 0.05) is 6.92 Å². The average Bonchev–Trinajstić information content (AvgIpc) is 2.69. The maximum atomic E-state index is 13.2. The van der Waals surface area contributed by atoms with Gasteiger partial charge in [0.2, 0.25) is 0 Å². The molecule has 1 fully saturated rings. The zero-order chi connectivity index (χ0) is 26.4. The van der Waals surface area contributed by atoms with Gasteiger partial charge in [0.05, 0.1) is 18.4 Å². The number of Topliss-reactive ketones (excluding diaryl/α,β-unsaturated/α-hetero) is 1. The van der Waals surface area contributed by atoms with Crippen molar-refractivity contribution in [2.24, 2.45) is 17.8 Å². The molecule has 0 unspecified atom stereocenters. The Labute approximate surface area is 208 Å². The topological polar surface area (TPSA) is 78.9 Å². The molecule has 34 heavy (non-hydrogen) atoms. The Hall–Kier alpha value is -1.47. The van der Waals surface area contributed by atoms with Crippen LogP contribution in [0.4, 0.5) is 0 Å². The van der Waals surface area contributed by atoms with Gasteiger partial charge in [-0.15, -0.1) is 0 Å². The number of ketones is 1. The lowest BCUT2D eigenvalue weighted by Gasteiger charge is -2.40. The second kappa shape index (κ2) is 12.5. The molecule has 5 atom stereocenters. The van der Waals surface area contributed by atoms with Crippen molar-refractivity contribution in [2.75, 3.05) is 0 Å². The van der Waals surface area contributed by atoms with Gasteiger partial charge in [-0.05, 0) is 61.7 Å². The van der Waals surface area contributed by atoms with Crippen molar-refractivity contribution in [3.8, 4) is 0 Å². The minimum absolute atomic E-state index is 0.00241. The number of esters is 2. The van der Waals surface area contributed by atoms with E-state index in [4.69, 9.17) is 13.9 Å². The van der Waals surface area contributed by atoms with Crippen molar-refractivity contribution in [3.63, 3.8) is 0 Å². The molecule has 0 aliphatic carbocycles. The lowest BCUT2D eigenvalue weighted by atomic mass is 9.86. The number of ether oxygens (including phenoxy) is 2. The first-order chi connectivity index (χ1) is 15.5. The summed E-state index contributed by atoms with van der Waals surface area (Å²) in [6.07, 6.45) is 3.06. The van der Waals surface area contributed by atoms with Gasteiger partial charge in [-0.1, -0.05) is 54.5 Å². The molecule has 0 bridgehead atoms. The van der Waals surface area contributed by atoms with Crippen molar-refractivity contribution in [2.45, 2.75) is 124 Å². The van der Waals surface area contributed by atoms with E-state index in [-0.39, 0.29) is 29.3 Å². The van der Waals surface area contributed by atoms with E-state index in [9.17, 15) is 14.4 Å². The molecule has 196 valence electrons. The molecule has 0 aromatic carbocycles. The first-order valence-electron chi connectivity index (χ1n) is 12.7. The molecule has 0 amide bonds. The zero-order valence-corrected chi connectivity index (χ0v) is 24.3. The van der Waals surface area contributed by atoms with Crippen LogP contribution in [-0.2, 0) is 28.3 Å². The van der Waals surface area contributed by atoms with Gasteiger partial charge in [-0.2, -0.15) is 0 Å². The van der Waals surface area contributed by atoms with Crippen molar-refractivity contribution in [1.29, 1.82) is 0 Å². The van der Waals surface area contributed by atoms with Gasteiger partial charge >= 0.3 is 11.9 Å². The normalized spacial score (nSPS) is 24.6. The third-order valence-corrected chi connectivity index (χ3v) is 12.0. The van der Waals surface area contributed by atoms with Crippen LogP contribution in [-0.4, -0.2) is 44.4 Å². The largest absolute Gasteiger partial charge is 0.462 e. The smallest absolute Gasteiger partial charge is 0.309 e. The van der Waals surface area contributed by atoms with E-state index in [0.717, 1.165) is 0 Å². The summed E-state index contributed by atoms with van der Waals surface area (Å²) in [5.74, 6) is -0.898. The summed E-state index contributed by atoms with van der Waals surface area (Å²) in [7, 11) is -1.92. The quantitative estimate of drug-likeness (QED) is 0.214. The molecule has 1 aliphatic heterocycles. The molecular weight excluding hydrogens is 448 g/mol. The van der Waals surface area contributed by atoms with Gasteiger partial charge in [0.1, 0.15) is 12.2 Å². The molecule has 0 N–H and O–H groups in total.